The molecule has 150 valence electrons. The first-order valence-corrected chi connectivity index (χ1v) is 11.9. The standard InChI is InChI=1S/C22H27Br2N.C2H3N/c1-2-25(16-18-7-4-3-5-8-18)14-6-9-17-10-12-19(13-11-17)20-15-21(23)22(20)24;1-2-3/h3-5,7-8,10-13,20-22H,2,6,9,14-16H2,1H3;1H3. The van der Waals surface area contributed by atoms with Gasteiger partial charge in [0.25, 0.3) is 0 Å². The summed E-state index contributed by atoms with van der Waals surface area (Å²) in [6.45, 7) is 7.00. The number of hydrogen-bond acceptors (Lipinski definition) is 2. The van der Waals surface area contributed by atoms with Crippen LogP contribution in [0.1, 0.15) is 49.3 Å². The average molecular weight is 506 g/mol. The molecule has 0 N–H and O–H groups in total. The number of alkyl halides is 2. The van der Waals surface area contributed by atoms with Crippen molar-refractivity contribution >= 4 is 31.9 Å². The fourth-order valence-corrected chi connectivity index (χ4v) is 5.02. The number of nitriles is 1. The first kappa shape index (κ1) is 23.1. The van der Waals surface area contributed by atoms with E-state index in [0.717, 1.165) is 26.1 Å². The second-order valence-corrected chi connectivity index (χ2v) is 9.46. The van der Waals surface area contributed by atoms with Gasteiger partial charge < -0.3 is 0 Å². The van der Waals surface area contributed by atoms with Gasteiger partial charge in [0, 0.05) is 23.1 Å². The summed E-state index contributed by atoms with van der Waals surface area (Å²) >= 11 is 7.49. The minimum absolute atomic E-state index is 0.578. The number of aryl methyl sites for hydroxylation is 1. The van der Waals surface area contributed by atoms with Crippen LogP contribution in [0.25, 0.3) is 0 Å². The first-order chi connectivity index (χ1) is 13.6. The molecule has 0 bridgehead atoms. The van der Waals surface area contributed by atoms with Crippen LogP contribution in [0.15, 0.2) is 54.6 Å². The van der Waals surface area contributed by atoms with Gasteiger partial charge in [-0.2, -0.15) is 5.26 Å². The highest BCUT2D eigenvalue weighted by atomic mass is 79.9. The zero-order valence-corrected chi connectivity index (χ0v) is 20.0. The van der Waals surface area contributed by atoms with Crippen molar-refractivity contribution in [2.45, 2.75) is 55.2 Å². The minimum Gasteiger partial charge on any atom is -0.299 e. The molecule has 1 saturated carbocycles. The Labute approximate surface area is 187 Å². The lowest BCUT2D eigenvalue weighted by atomic mass is 9.79. The Bertz CT molecular complexity index is 725. The van der Waals surface area contributed by atoms with Crippen LogP contribution >= 0.6 is 31.9 Å². The van der Waals surface area contributed by atoms with Gasteiger partial charge >= 0.3 is 0 Å². The summed E-state index contributed by atoms with van der Waals surface area (Å²) < 4.78 is 0. The van der Waals surface area contributed by atoms with Crippen molar-refractivity contribution in [2.24, 2.45) is 0 Å². The molecule has 3 unspecified atom stereocenters. The highest BCUT2D eigenvalue weighted by Crippen LogP contribution is 2.46. The Morgan fingerprint density at radius 2 is 1.68 bits per heavy atom. The summed E-state index contributed by atoms with van der Waals surface area (Å²) in [5.41, 5.74) is 4.34. The Balaban J connectivity index is 0.000000878. The summed E-state index contributed by atoms with van der Waals surface area (Å²) in [4.78, 5) is 3.74. The molecular formula is C24H30Br2N2. The van der Waals surface area contributed by atoms with E-state index >= 15 is 0 Å². The highest BCUT2D eigenvalue weighted by molar-refractivity contribution is 9.12. The van der Waals surface area contributed by atoms with E-state index in [9.17, 15) is 0 Å². The fraction of sp³-hybridized carbons (Fsp3) is 0.458. The number of benzene rings is 2. The maximum absolute atomic E-state index is 7.32. The molecule has 0 aromatic heterocycles. The van der Waals surface area contributed by atoms with Gasteiger partial charge in [-0.05, 0) is 55.0 Å². The molecule has 4 heteroatoms. The largest absolute Gasteiger partial charge is 0.299 e. The van der Waals surface area contributed by atoms with Gasteiger partial charge in [0.2, 0.25) is 0 Å². The molecule has 0 aliphatic heterocycles. The van der Waals surface area contributed by atoms with Crippen molar-refractivity contribution in [3.8, 4) is 6.07 Å². The SMILES string of the molecule is CC#N.CCN(CCCc1ccc(C2CC(Br)C2Br)cc1)Cc1ccccc1. The predicted octanol–water partition coefficient (Wildman–Crippen LogP) is 6.69. The molecule has 0 radical (unpaired) electrons. The molecule has 0 heterocycles. The lowest BCUT2D eigenvalue weighted by Gasteiger charge is -2.38. The molecule has 0 spiro atoms. The van der Waals surface area contributed by atoms with Crippen LogP contribution in [0.2, 0.25) is 0 Å². The second-order valence-electron chi connectivity index (χ2n) is 7.23. The van der Waals surface area contributed by atoms with Crippen molar-refractivity contribution in [3.05, 3.63) is 71.3 Å². The molecule has 3 rings (SSSR count). The normalized spacial score (nSPS) is 20.6. The maximum Gasteiger partial charge on any atom is 0.0587 e. The summed E-state index contributed by atoms with van der Waals surface area (Å²) in [5, 5.41) is 7.32. The average Bonchev–Trinajstić information content (AvgIpc) is 2.73. The van der Waals surface area contributed by atoms with E-state index in [1.807, 2.05) is 0 Å². The van der Waals surface area contributed by atoms with E-state index in [-0.39, 0.29) is 0 Å². The molecule has 0 saturated heterocycles. The van der Waals surface area contributed by atoms with Crippen molar-refractivity contribution in [1.29, 1.82) is 5.26 Å². The highest BCUT2D eigenvalue weighted by Gasteiger charge is 2.38. The lowest BCUT2D eigenvalue weighted by molar-refractivity contribution is 0.276. The van der Waals surface area contributed by atoms with E-state index in [2.05, 4.69) is 98.3 Å². The van der Waals surface area contributed by atoms with Gasteiger partial charge in [-0.25, -0.2) is 0 Å². The number of rotatable bonds is 8. The molecule has 2 aromatic carbocycles. The van der Waals surface area contributed by atoms with Crippen LogP contribution < -0.4 is 0 Å². The van der Waals surface area contributed by atoms with Crippen LogP contribution in [-0.4, -0.2) is 27.6 Å². The summed E-state index contributed by atoms with van der Waals surface area (Å²) in [6, 6.07) is 21.8. The third-order valence-corrected chi connectivity index (χ3v) is 8.18. The van der Waals surface area contributed by atoms with Crippen LogP contribution in [0.4, 0.5) is 0 Å². The number of hydrogen-bond donors (Lipinski definition) is 0. The molecule has 1 fully saturated rings. The summed E-state index contributed by atoms with van der Waals surface area (Å²) in [7, 11) is 0. The Morgan fingerprint density at radius 3 is 2.21 bits per heavy atom. The summed E-state index contributed by atoms with van der Waals surface area (Å²) in [5.74, 6) is 0.667. The first-order valence-electron chi connectivity index (χ1n) is 10.0. The summed E-state index contributed by atoms with van der Waals surface area (Å²) in [6.07, 6.45) is 3.61. The topological polar surface area (TPSA) is 27.0 Å². The Morgan fingerprint density at radius 1 is 1.04 bits per heavy atom. The smallest absolute Gasteiger partial charge is 0.0587 e. The Kier molecular flexibility index (Phi) is 10.3. The lowest BCUT2D eigenvalue weighted by Crippen LogP contribution is -2.35. The molecule has 3 atom stereocenters. The van der Waals surface area contributed by atoms with Crippen molar-refractivity contribution in [2.75, 3.05) is 13.1 Å². The zero-order valence-electron chi connectivity index (χ0n) is 16.8. The van der Waals surface area contributed by atoms with E-state index in [1.165, 1.54) is 36.5 Å². The van der Waals surface area contributed by atoms with Crippen molar-refractivity contribution in [3.63, 3.8) is 0 Å². The van der Waals surface area contributed by atoms with Gasteiger partial charge in [-0.15, -0.1) is 0 Å². The van der Waals surface area contributed by atoms with Gasteiger partial charge in [0.15, 0.2) is 0 Å². The molecule has 2 nitrogen and oxygen atoms in total. The van der Waals surface area contributed by atoms with E-state index in [1.54, 1.807) is 6.07 Å². The zero-order chi connectivity index (χ0) is 20.4. The molecule has 1 aliphatic carbocycles. The van der Waals surface area contributed by atoms with Crippen molar-refractivity contribution < 1.29 is 0 Å². The van der Waals surface area contributed by atoms with E-state index in [4.69, 9.17) is 5.26 Å². The molecular weight excluding hydrogens is 476 g/mol. The van der Waals surface area contributed by atoms with Crippen LogP contribution in [0.3, 0.4) is 0 Å². The van der Waals surface area contributed by atoms with Crippen LogP contribution in [0.5, 0.6) is 0 Å². The maximum atomic E-state index is 7.32. The van der Waals surface area contributed by atoms with Crippen LogP contribution in [-0.2, 0) is 13.0 Å². The third kappa shape index (κ3) is 7.03. The molecule has 28 heavy (non-hydrogen) atoms. The minimum atomic E-state index is 0.578. The van der Waals surface area contributed by atoms with Gasteiger partial charge in [-0.3, -0.25) is 4.90 Å². The molecule has 0 amide bonds. The fourth-order valence-electron chi connectivity index (χ4n) is 3.51. The Hall–Kier alpha value is -1.15. The quantitative estimate of drug-likeness (QED) is 0.374. The van der Waals surface area contributed by atoms with Gasteiger partial charge in [0.1, 0.15) is 0 Å². The van der Waals surface area contributed by atoms with Crippen molar-refractivity contribution in [1.82, 2.24) is 4.90 Å². The van der Waals surface area contributed by atoms with Crippen LogP contribution in [0, 0.1) is 11.3 Å². The van der Waals surface area contributed by atoms with E-state index in [0.29, 0.717) is 15.6 Å². The third-order valence-electron chi connectivity index (χ3n) is 5.25. The predicted molar refractivity (Wildman–Crippen MR) is 126 cm³/mol. The monoisotopic (exact) mass is 504 g/mol. The number of halogens is 2. The number of nitrogens with zero attached hydrogens (tertiary/aromatic N) is 2. The van der Waals surface area contributed by atoms with E-state index < -0.39 is 0 Å². The molecule has 2 aromatic rings. The van der Waals surface area contributed by atoms with Gasteiger partial charge in [-0.1, -0.05) is 93.4 Å². The second kappa shape index (κ2) is 12.4. The molecule has 1 aliphatic rings. The van der Waals surface area contributed by atoms with Gasteiger partial charge in [0.05, 0.1) is 6.07 Å².